The lowest BCUT2D eigenvalue weighted by molar-refractivity contribution is 0.786. The molecule has 3 nitrogen and oxygen atoms in total. The van der Waals surface area contributed by atoms with E-state index in [4.69, 9.17) is 0 Å². The van der Waals surface area contributed by atoms with Crippen molar-refractivity contribution in [1.82, 2.24) is 9.78 Å². The summed E-state index contributed by atoms with van der Waals surface area (Å²) in [7, 11) is 0. The number of hydrogen-bond acceptors (Lipinski definition) is 1. The highest BCUT2D eigenvalue weighted by atomic mass is 16.1. The molecule has 2 aromatic carbocycles. The van der Waals surface area contributed by atoms with Gasteiger partial charge in [-0.15, -0.1) is 0 Å². The first kappa shape index (κ1) is 16.3. The van der Waals surface area contributed by atoms with Gasteiger partial charge in [0.25, 0.3) is 5.56 Å². The van der Waals surface area contributed by atoms with Crippen molar-refractivity contribution in [2.24, 2.45) is 0 Å². The molecule has 0 radical (unpaired) electrons. The fourth-order valence-corrected chi connectivity index (χ4v) is 3.01. The number of unbranched alkanes of at least 4 members (excludes halogenated alkanes) is 1. The number of aromatic nitrogens is 2. The summed E-state index contributed by atoms with van der Waals surface area (Å²) in [5.41, 5.74) is 6.23. The quantitative estimate of drug-likeness (QED) is 0.721. The maximum absolute atomic E-state index is 13.0. The Morgan fingerprint density at radius 2 is 1.71 bits per heavy atom. The molecule has 3 heteroatoms. The van der Waals surface area contributed by atoms with E-state index in [1.165, 1.54) is 11.1 Å². The lowest BCUT2D eigenvalue weighted by Gasteiger charge is -2.06. The lowest BCUT2D eigenvalue weighted by Crippen LogP contribution is -2.17. The molecule has 0 saturated heterocycles. The lowest BCUT2D eigenvalue weighted by atomic mass is 10.00. The highest BCUT2D eigenvalue weighted by Crippen LogP contribution is 2.25. The molecule has 1 heterocycles. The molecule has 1 N–H and O–H groups in total. The van der Waals surface area contributed by atoms with Gasteiger partial charge in [0.05, 0.1) is 11.4 Å². The number of hydrogen-bond donors (Lipinski definition) is 1. The van der Waals surface area contributed by atoms with E-state index in [1.54, 1.807) is 4.68 Å². The molecular formula is C21H24N2O. The number of benzene rings is 2. The normalized spacial score (nSPS) is 11.0. The van der Waals surface area contributed by atoms with Crippen LogP contribution in [0.1, 0.15) is 36.5 Å². The molecule has 0 aliphatic heterocycles. The molecule has 3 rings (SSSR count). The number of rotatable bonds is 5. The van der Waals surface area contributed by atoms with Gasteiger partial charge in [0.1, 0.15) is 0 Å². The molecule has 24 heavy (non-hydrogen) atoms. The minimum Gasteiger partial charge on any atom is -0.290 e. The predicted molar refractivity (Wildman–Crippen MR) is 99.9 cm³/mol. The molecule has 0 spiro atoms. The van der Waals surface area contributed by atoms with E-state index in [0.29, 0.717) is 0 Å². The van der Waals surface area contributed by atoms with Gasteiger partial charge in [0.15, 0.2) is 0 Å². The number of H-pyrrole nitrogens is 1. The van der Waals surface area contributed by atoms with E-state index in [0.717, 1.165) is 41.8 Å². The average molecular weight is 320 g/mol. The maximum Gasteiger partial charge on any atom is 0.275 e. The van der Waals surface area contributed by atoms with Gasteiger partial charge in [0, 0.05) is 11.1 Å². The van der Waals surface area contributed by atoms with Crippen molar-refractivity contribution >= 4 is 0 Å². The summed E-state index contributed by atoms with van der Waals surface area (Å²) >= 11 is 0. The maximum atomic E-state index is 13.0. The van der Waals surface area contributed by atoms with Gasteiger partial charge < -0.3 is 0 Å². The summed E-state index contributed by atoms with van der Waals surface area (Å²) in [5, 5.41) is 3.36. The Hall–Kier alpha value is -2.55. The zero-order chi connectivity index (χ0) is 17.1. The molecule has 0 atom stereocenters. The molecule has 1 aromatic heterocycles. The van der Waals surface area contributed by atoms with Crippen molar-refractivity contribution in [3.05, 3.63) is 75.6 Å². The minimum atomic E-state index is 0.0607. The van der Waals surface area contributed by atoms with Crippen molar-refractivity contribution in [2.75, 3.05) is 0 Å². The molecular weight excluding hydrogens is 296 g/mol. The molecule has 0 unspecified atom stereocenters. The SMILES string of the molecule is CCCCc1c(-c2ccccc2C)[nH]n(-c2ccc(C)cc2)c1=O. The smallest absolute Gasteiger partial charge is 0.275 e. The first-order valence-corrected chi connectivity index (χ1v) is 8.58. The molecule has 0 saturated carbocycles. The third kappa shape index (κ3) is 3.07. The van der Waals surface area contributed by atoms with Crippen LogP contribution in [0.2, 0.25) is 0 Å². The summed E-state index contributed by atoms with van der Waals surface area (Å²) in [6, 6.07) is 16.2. The Morgan fingerprint density at radius 1 is 1.00 bits per heavy atom. The van der Waals surface area contributed by atoms with Crippen LogP contribution in [0.5, 0.6) is 0 Å². The standard InChI is InChI=1S/C21H24N2O/c1-4-5-9-19-20(18-10-7-6-8-16(18)3)22-23(21(19)24)17-13-11-15(2)12-14-17/h6-8,10-14,22H,4-5,9H2,1-3H3. The van der Waals surface area contributed by atoms with Crippen molar-refractivity contribution in [3.63, 3.8) is 0 Å². The third-order valence-corrected chi connectivity index (χ3v) is 4.47. The van der Waals surface area contributed by atoms with Crippen LogP contribution in [-0.2, 0) is 6.42 Å². The molecule has 0 aliphatic rings. The molecule has 3 aromatic rings. The Balaban J connectivity index is 2.17. The van der Waals surface area contributed by atoms with Crippen LogP contribution in [0.15, 0.2) is 53.3 Å². The second kappa shape index (κ2) is 6.91. The van der Waals surface area contributed by atoms with Gasteiger partial charge in [-0.2, -0.15) is 0 Å². The van der Waals surface area contributed by atoms with Gasteiger partial charge >= 0.3 is 0 Å². The van der Waals surface area contributed by atoms with Crippen molar-refractivity contribution in [1.29, 1.82) is 0 Å². The Labute approximate surface area is 143 Å². The highest BCUT2D eigenvalue weighted by molar-refractivity contribution is 5.66. The van der Waals surface area contributed by atoms with E-state index < -0.39 is 0 Å². The first-order chi connectivity index (χ1) is 11.6. The van der Waals surface area contributed by atoms with Crippen molar-refractivity contribution in [2.45, 2.75) is 40.0 Å². The van der Waals surface area contributed by atoms with Crippen LogP contribution in [0.25, 0.3) is 16.9 Å². The van der Waals surface area contributed by atoms with Gasteiger partial charge in [-0.3, -0.25) is 9.89 Å². The molecule has 124 valence electrons. The zero-order valence-electron chi connectivity index (χ0n) is 14.6. The average Bonchev–Trinajstić information content (AvgIpc) is 2.91. The van der Waals surface area contributed by atoms with E-state index in [-0.39, 0.29) is 5.56 Å². The highest BCUT2D eigenvalue weighted by Gasteiger charge is 2.17. The number of nitrogens with one attached hydrogen (secondary N) is 1. The Morgan fingerprint density at radius 3 is 2.38 bits per heavy atom. The predicted octanol–water partition coefficient (Wildman–Crippen LogP) is 4.79. The van der Waals surface area contributed by atoms with Crippen LogP contribution >= 0.6 is 0 Å². The van der Waals surface area contributed by atoms with E-state index >= 15 is 0 Å². The second-order valence-corrected chi connectivity index (χ2v) is 6.36. The van der Waals surface area contributed by atoms with Crippen molar-refractivity contribution < 1.29 is 0 Å². The Kier molecular flexibility index (Phi) is 4.70. The molecule has 0 aliphatic carbocycles. The van der Waals surface area contributed by atoms with E-state index in [9.17, 15) is 4.79 Å². The number of aryl methyl sites for hydroxylation is 2. The zero-order valence-corrected chi connectivity index (χ0v) is 14.6. The molecule has 0 amide bonds. The summed E-state index contributed by atoms with van der Waals surface area (Å²) < 4.78 is 1.67. The van der Waals surface area contributed by atoms with Crippen LogP contribution < -0.4 is 5.56 Å². The number of aromatic amines is 1. The first-order valence-electron chi connectivity index (χ1n) is 8.58. The Bertz CT molecular complexity index is 885. The second-order valence-electron chi connectivity index (χ2n) is 6.36. The largest absolute Gasteiger partial charge is 0.290 e. The van der Waals surface area contributed by atoms with Gasteiger partial charge in [0.2, 0.25) is 0 Å². The fraction of sp³-hybridized carbons (Fsp3) is 0.286. The topological polar surface area (TPSA) is 37.8 Å². The van der Waals surface area contributed by atoms with E-state index in [2.05, 4.69) is 31.1 Å². The van der Waals surface area contributed by atoms with Crippen LogP contribution in [0.4, 0.5) is 0 Å². The third-order valence-electron chi connectivity index (χ3n) is 4.47. The summed E-state index contributed by atoms with van der Waals surface area (Å²) in [5.74, 6) is 0. The fourth-order valence-electron chi connectivity index (χ4n) is 3.01. The van der Waals surface area contributed by atoms with Crippen molar-refractivity contribution in [3.8, 4) is 16.9 Å². The van der Waals surface area contributed by atoms with E-state index in [1.807, 2.05) is 43.3 Å². The van der Waals surface area contributed by atoms with Gasteiger partial charge in [-0.25, -0.2) is 4.68 Å². The summed E-state index contributed by atoms with van der Waals surface area (Å²) in [4.78, 5) is 13.0. The minimum absolute atomic E-state index is 0.0607. The number of nitrogens with zero attached hydrogens (tertiary/aromatic N) is 1. The summed E-state index contributed by atoms with van der Waals surface area (Å²) in [6.07, 6.45) is 2.89. The van der Waals surface area contributed by atoms with Crippen LogP contribution in [0.3, 0.4) is 0 Å². The molecule has 0 fully saturated rings. The monoisotopic (exact) mass is 320 g/mol. The summed E-state index contributed by atoms with van der Waals surface area (Å²) in [6.45, 7) is 6.28. The van der Waals surface area contributed by atoms with Crippen LogP contribution in [-0.4, -0.2) is 9.78 Å². The van der Waals surface area contributed by atoms with Gasteiger partial charge in [-0.1, -0.05) is 55.3 Å². The van der Waals surface area contributed by atoms with Crippen LogP contribution in [0, 0.1) is 13.8 Å². The van der Waals surface area contributed by atoms with Gasteiger partial charge in [-0.05, 0) is 44.4 Å². The molecule has 0 bridgehead atoms.